The van der Waals surface area contributed by atoms with Crippen LogP contribution in [0.3, 0.4) is 0 Å². The molecule has 1 atom stereocenters. The van der Waals surface area contributed by atoms with Crippen molar-refractivity contribution in [1.29, 1.82) is 0 Å². The number of benzene rings is 2. The number of hydrogen-bond acceptors (Lipinski definition) is 5. The standard InChI is InChI=1S/C16H14O5.C2H6/c1-20-15-6-9(2-5-13(15)18)12-8-16(19)21-14-7-10(17)3-4-11(12)14;1-2/h2-7,12,17-18H,8H2,1H3;1-2H3. The van der Waals surface area contributed by atoms with Gasteiger partial charge in [0.15, 0.2) is 11.5 Å². The van der Waals surface area contributed by atoms with Crippen LogP contribution in [0.1, 0.15) is 37.3 Å². The van der Waals surface area contributed by atoms with E-state index in [4.69, 9.17) is 9.47 Å². The molecule has 0 radical (unpaired) electrons. The van der Waals surface area contributed by atoms with Crippen molar-refractivity contribution in [2.75, 3.05) is 7.11 Å². The molecule has 0 bridgehead atoms. The van der Waals surface area contributed by atoms with Gasteiger partial charge in [-0.05, 0) is 23.8 Å². The zero-order chi connectivity index (χ0) is 17.0. The maximum atomic E-state index is 11.8. The second-order valence-corrected chi connectivity index (χ2v) is 4.88. The first kappa shape index (κ1) is 16.7. The van der Waals surface area contributed by atoms with Gasteiger partial charge in [-0.2, -0.15) is 0 Å². The van der Waals surface area contributed by atoms with Gasteiger partial charge in [-0.3, -0.25) is 4.79 Å². The van der Waals surface area contributed by atoms with Crippen LogP contribution in [0.2, 0.25) is 0 Å². The summed E-state index contributed by atoms with van der Waals surface area (Å²) in [6.45, 7) is 4.00. The van der Waals surface area contributed by atoms with Crippen LogP contribution >= 0.6 is 0 Å². The van der Waals surface area contributed by atoms with E-state index in [2.05, 4.69) is 0 Å². The molecule has 0 saturated heterocycles. The lowest BCUT2D eigenvalue weighted by molar-refractivity contribution is -0.135. The molecule has 0 aromatic heterocycles. The number of phenols is 2. The number of esters is 1. The fourth-order valence-corrected chi connectivity index (χ4v) is 2.55. The van der Waals surface area contributed by atoms with Gasteiger partial charge in [-0.25, -0.2) is 0 Å². The lowest BCUT2D eigenvalue weighted by atomic mass is 9.86. The minimum Gasteiger partial charge on any atom is -0.508 e. The minimum absolute atomic E-state index is 0.0467. The van der Waals surface area contributed by atoms with Crippen molar-refractivity contribution in [2.45, 2.75) is 26.2 Å². The Labute approximate surface area is 135 Å². The Morgan fingerprint density at radius 3 is 2.57 bits per heavy atom. The number of ether oxygens (including phenoxy) is 2. The first-order valence-electron chi connectivity index (χ1n) is 7.49. The summed E-state index contributed by atoms with van der Waals surface area (Å²) in [5.41, 5.74) is 1.66. The van der Waals surface area contributed by atoms with Crippen molar-refractivity contribution in [3.63, 3.8) is 0 Å². The van der Waals surface area contributed by atoms with Gasteiger partial charge in [-0.1, -0.05) is 26.0 Å². The molecule has 5 nitrogen and oxygen atoms in total. The van der Waals surface area contributed by atoms with Crippen molar-refractivity contribution in [1.82, 2.24) is 0 Å². The molecule has 1 unspecified atom stereocenters. The fourth-order valence-electron chi connectivity index (χ4n) is 2.55. The molecule has 1 aliphatic heterocycles. The van der Waals surface area contributed by atoms with E-state index in [9.17, 15) is 15.0 Å². The molecule has 122 valence electrons. The molecule has 0 fully saturated rings. The van der Waals surface area contributed by atoms with E-state index >= 15 is 0 Å². The lowest BCUT2D eigenvalue weighted by Crippen LogP contribution is -2.20. The normalized spacial score (nSPS) is 15.8. The van der Waals surface area contributed by atoms with Gasteiger partial charge in [0, 0.05) is 17.5 Å². The number of phenolic OH excluding ortho intramolecular Hbond substituents is 2. The summed E-state index contributed by atoms with van der Waals surface area (Å²) in [6.07, 6.45) is 0.200. The smallest absolute Gasteiger partial charge is 0.312 e. The summed E-state index contributed by atoms with van der Waals surface area (Å²) in [4.78, 5) is 11.8. The molecule has 1 heterocycles. The number of carbonyl (C=O) groups is 1. The number of carbonyl (C=O) groups excluding carboxylic acids is 1. The molecular formula is C18H20O5. The van der Waals surface area contributed by atoms with Gasteiger partial charge in [0.2, 0.25) is 0 Å². The second kappa shape index (κ2) is 7.05. The van der Waals surface area contributed by atoms with Crippen LogP contribution in [0, 0.1) is 0 Å². The summed E-state index contributed by atoms with van der Waals surface area (Å²) in [6, 6.07) is 9.71. The Kier molecular flexibility index (Phi) is 5.11. The molecule has 1 aliphatic rings. The third-order valence-electron chi connectivity index (χ3n) is 3.57. The Bertz CT molecular complexity index is 709. The Hall–Kier alpha value is -2.69. The third-order valence-corrected chi connectivity index (χ3v) is 3.57. The van der Waals surface area contributed by atoms with Crippen LogP contribution in [0.15, 0.2) is 36.4 Å². The number of hydrogen-bond donors (Lipinski definition) is 2. The van der Waals surface area contributed by atoms with Gasteiger partial charge < -0.3 is 19.7 Å². The van der Waals surface area contributed by atoms with Crippen molar-refractivity contribution in [2.24, 2.45) is 0 Å². The number of methoxy groups -OCH3 is 1. The highest BCUT2D eigenvalue weighted by molar-refractivity contribution is 5.78. The molecule has 2 aromatic carbocycles. The van der Waals surface area contributed by atoms with Gasteiger partial charge >= 0.3 is 5.97 Å². The van der Waals surface area contributed by atoms with E-state index in [-0.39, 0.29) is 29.8 Å². The largest absolute Gasteiger partial charge is 0.508 e. The summed E-state index contributed by atoms with van der Waals surface area (Å²) in [5.74, 6) is 0.257. The van der Waals surface area contributed by atoms with Crippen LogP contribution in [-0.2, 0) is 4.79 Å². The SMILES string of the molecule is CC.COc1cc(C2CC(=O)Oc3cc(O)ccc32)ccc1O. The molecule has 0 amide bonds. The van der Waals surface area contributed by atoms with E-state index in [1.54, 1.807) is 24.3 Å². The van der Waals surface area contributed by atoms with Crippen LogP contribution in [0.25, 0.3) is 0 Å². The van der Waals surface area contributed by atoms with E-state index in [1.165, 1.54) is 19.2 Å². The van der Waals surface area contributed by atoms with Crippen LogP contribution in [0.4, 0.5) is 0 Å². The first-order valence-corrected chi connectivity index (χ1v) is 7.49. The fraction of sp³-hybridized carbons (Fsp3) is 0.278. The Balaban J connectivity index is 0.000000924. The quantitative estimate of drug-likeness (QED) is 0.654. The summed E-state index contributed by atoms with van der Waals surface area (Å²) >= 11 is 0. The highest BCUT2D eigenvalue weighted by Crippen LogP contribution is 2.42. The summed E-state index contributed by atoms with van der Waals surface area (Å²) in [5, 5.41) is 19.2. The third kappa shape index (κ3) is 3.39. The maximum absolute atomic E-state index is 11.8. The molecule has 2 aromatic rings. The average molecular weight is 316 g/mol. The summed E-state index contributed by atoms with van der Waals surface area (Å²) < 4.78 is 10.3. The van der Waals surface area contributed by atoms with Gasteiger partial charge in [-0.15, -0.1) is 0 Å². The lowest BCUT2D eigenvalue weighted by Gasteiger charge is -2.25. The molecule has 23 heavy (non-hydrogen) atoms. The molecular weight excluding hydrogens is 296 g/mol. The molecule has 3 rings (SSSR count). The zero-order valence-electron chi connectivity index (χ0n) is 13.4. The topological polar surface area (TPSA) is 76.0 Å². The number of rotatable bonds is 2. The van der Waals surface area contributed by atoms with E-state index in [1.807, 2.05) is 13.8 Å². The molecule has 0 saturated carbocycles. The Morgan fingerprint density at radius 2 is 1.87 bits per heavy atom. The second-order valence-electron chi connectivity index (χ2n) is 4.88. The van der Waals surface area contributed by atoms with E-state index in [0.717, 1.165) is 11.1 Å². The highest BCUT2D eigenvalue weighted by Gasteiger charge is 2.29. The van der Waals surface area contributed by atoms with Crippen molar-refractivity contribution in [3.05, 3.63) is 47.5 Å². The summed E-state index contributed by atoms with van der Waals surface area (Å²) in [7, 11) is 1.47. The average Bonchev–Trinajstić information content (AvgIpc) is 2.56. The molecule has 0 aliphatic carbocycles. The van der Waals surface area contributed by atoms with E-state index in [0.29, 0.717) is 11.5 Å². The van der Waals surface area contributed by atoms with Gasteiger partial charge in [0.25, 0.3) is 0 Å². The van der Waals surface area contributed by atoms with Gasteiger partial charge in [0.05, 0.1) is 13.5 Å². The predicted molar refractivity (Wildman–Crippen MR) is 86.2 cm³/mol. The van der Waals surface area contributed by atoms with Crippen LogP contribution < -0.4 is 9.47 Å². The van der Waals surface area contributed by atoms with Crippen molar-refractivity contribution in [3.8, 4) is 23.0 Å². The van der Waals surface area contributed by atoms with Crippen LogP contribution in [-0.4, -0.2) is 23.3 Å². The number of fused-ring (bicyclic) bond motifs is 1. The minimum atomic E-state index is -0.356. The zero-order valence-corrected chi connectivity index (χ0v) is 13.4. The number of aromatic hydroxyl groups is 2. The molecule has 5 heteroatoms. The van der Waals surface area contributed by atoms with Crippen molar-refractivity contribution < 1.29 is 24.5 Å². The molecule has 0 spiro atoms. The van der Waals surface area contributed by atoms with E-state index < -0.39 is 0 Å². The molecule has 2 N–H and O–H groups in total. The monoisotopic (exact) mass is 316 g/mol. The predicted octanol–water partition coefficient (Wildman–Crippen LogP) is 3.57. The maximum Gasteiger partial charge on any atom is 0.312 e. The highest BCUT2D eigenvalue weighted by atomic mass is 16.5. The van der Waals surface area contributed by atoms with Crippen molar-refractivity contribution >= 4 is 5.97 Å². The van der Waals surface area contributed by atoms with Crippen LogP contribution in [0.5, 0.6) is 23.0 Å². The Morgan fingerprint density at radius 1 is 1.13 bits per heavy atom. The van der Waals surface area contributed by atoms with Gasteiger partial charge in [0.1, 0.15) is 11.5 Å². The first-order chi connectivity index (χ1) is 11.1.